The maximum absolute atomic E-state index is 3.29. The Morgan fingerprint density at radius 2 is 1.69 bits per heavy atom. The summed E-state index contributed by atoms with van der Waals surface area (Å²) < 4.78 is 0. The van der Waals surface area contributed by atoms with Gasteiger partial charge in [0.05, 0.1) is 5.69 Å². The molecule has 0 spiro atoms. The molecule has 2 rings (SSSR count). The summed E-state index contributed by atoms with van der Waals surface area (Å²) in [6, 6.07) is 10.2. The van der Waals surface area contributed by atoms with E-state index < -0.39 is 0 Å². The molecule has 0 radical (unpaired) electrons. The lowest BCUT2D eigenvalue weighted by Crippen LogP contribution is -2.20. The van der Waals surface area contributed by atoms with Crippen LogP contribution in [-0.2, 0) is 0 Å². The summed E-state index contributed by atoms with van der Waals surface area (Å²) in [7, 11) is 0. The third kappa shape index (κ3) is 4.15. The average Bonchev–Trinajstić information content (AvgIpc) is 2.56. The standard InChI is InChI=1S/C13H18N2.ClH/c1-2-5-9-12(8-4-1)14-15-13-10-6-3-7-11-13;/h3,6-8,10-11,14-15H,1-2,4-5,9H2;1H. The number of para-hydroxylation sites is 1. The topological polar surface area (TPSA) is 24.1 Å². The molecule has 3 heteroatoms. The van der Waals surface area contributed by atoms with E-state index >= 15 is 0 Å². The number of anilines is 1. The zero-order valence-corrected chi connectivity index (χ0v) is 10.2. The van der Waals surface area contributed by atoms with Crippen molar-refractivity contribution in [2.45, 2.75) is 32.1 Å². The second-order valence-corrected chi connectivity index (χ2v) is 3.94. The van der Waals surface area contributed by atoms with Crippen molar-refractivity contribution in [1.29, 1.82) is 0 Å². The highest BCUT2D eigenvalue weighted by Crippen LogP contribution is 2.15. The van der Waals surface area contributed by atoms with Crippen LogP contribution in [0.2, 0.25) is 0 Å². The molecule has 0 amide bonds. The van der Waals surface area contributed by atoms with Gasteiger partial charge in [0.1, 0.15) is 0 Å². The number of nitrogens with one attached hydrogen (secondary N) is 2. The molecule has 16 heavy (non-hydrogen) atoms. The zero-order chi connectivity index (χ0) is 10.3. The van der Waals surface area contributed by atoms with Crippen molar-refractivity contribution >= 4 is 18.1 Å². The summed E-state index contributed by atoms with van der Waals surface area (Å²) in [5.74, 6) is 0. The van der Waals surface area contributed by atoms with Crippen molar-refractivity contribution in [3.63, 3.8) is 0 Å². The smallest absolute Gasteiger partial charge is 0.0539 e. The maximum atomic E-state index is 3.29. The van der Waals surface area contributed by atoms with Crippen LogP contribution in [-0.4, -0.2) is 0 Å². The van der Waals surface area contributed by atoms with Gasteiger partial charge in [-0.15, -0.1) is 12.4 Å². The Labute approximate surface area is 104 Å². The van der Waals surface area contributed by atoms with Crippen LogP contribution in [0.15, 0.2) is 42.1 Å². The van der Waals surface area contributed by atoms with Crippen molar-refractivity contribution in [1.82, 2.24) is 5.43 Å². The van der Waals surface area contributed by atoms with E-state index in [9.17, 15) is 0 Å². The number of halogens is 1. The van der Waals surface area contributed by atoms with E-state index in [1.54, 1.807) is 0 Å². The van der Waals surface area contributed by atoms with Crippen LogP contribution in [0.3, 0.4) is 0 Å². The van der Waals surface area contributed by atoms with Crippen LogP contribution in [0.25, 0.3) is 0 Å². The molecule has 1 aliphatic carbocycles. The molecule has 2 nitrogen and oxygen atoms in total. The normalized spacial score (nSPS) is 15.4. The number of allylic oxidation sites excluding steroid dienone is 2. The SMILES string of the molecule is C1=C(NNc2ccccc2)CCCCC1.Cl. The Kier molecular flexibility index (Phi) is 5.79. The third-order valence-corrected chi connectivity index (χ3v) is 2.68. The summed E-state index contributed by atoms with van der Waals surface area (Å²) in [5, 5.41) is 0. The number of hydrazine groups is 1. The second kappa shape index (κ2) is 7.18. The maximum Gasteiger partial charge on any atom is 0.0539 e. The minimum atomic E-state index is 0. The first-order valence-corrected chi connectivity index (χ1v) is 5.71. The Balaban J connectivity index is 0.00000128. The number of rotatable bonds is 3. The molecule has 1 aromatic carbocycles. The van der Waals surface area contributed by atoms with Gasteiger partial charge < -0.3 is 10.9 Å². The first-order valence-electron chi connectivity index (χ1n) is 5.71. The molecule has 1 aromatic rings. The third-order valence-electron chi connectivity index (χ3n) is 2.68. The highest BCUT2D eigenvalue weighted by Gasteiger charge is 2.01. The van der Waals surface area contributed by atoms with Crippen LogP contribution >= 0.6 is 12.4 Å². The lowest BCUT2D eigenvalue weighted by atomic mass is 10.2. The predicted molar refractivity (Wildman–Crippen MR) is 71.6 cm³/mol. The highest BCUT2D eigenvalue weighted by molar-refractivity contribution is 5.85. The molecular weight excluding hydrogens is 220 g/mol. The average molecular weight is 239 g/mol. The molecule has 0 bridgehead atoms. The largest absolute Gasteiger partial charge is 0.305 e. The first-order chi connectivity index (χ1) is 7.45. The molecule has 0 aromatic heterocycles. The molecule has 2 N–H and O–H groups in total. The lowest BCUT2D eigenvalue weighted by molar-refractivity contribution is 0.698. The molecule has 88 valence electrons. The van der Waals surface area contributed by atoms with E-state index in [0.717, 1.165) is 5.69 Å². The Morgan fingerprint density at radius 1 is 0.875 bits per heavy atom. The van der Waals surface area contributed by atoms with E-state index in [2.05, 4.69) is 29.1 Å². The number of hydrogen-bond donors (Lipinski definition) is 2. The molecule has 0 unspecified atom stereocenters. The molecule has 0 heterocycles. The van der Waals surface area contributed by atoms with Gasteiger partial charge in [-0.3, -0.25) is 0 Å². The number of benzene rings is 1. The highest BCUT2D eigenvalue weighted by atomic mass is 35.5. The van der Waals surface area contributed by atoms with E-state index in [0.29, 0.717) is 0 Å². The van der Waals surface area contributed by atoms with Crippen molar-refractivity contribution in [3.8, 4) is 0 Å². The summed E-state index contributed by atoms with van der Waals surface area (Å²) in [6.45, 7) is 0. The molecule has 0 fully saturated rings. The fourth-order valence-corrected chi connectivity index (χ4v) is 1.80. The monoisotopic (exact) mass is 238 g/mol. The van der Waals surface area contributed by atoms with E-state index in [4.69, 9.17) is 0 Å². The lowest BCUT2D eigenvalue weighted by Gasteiger charge is -2.11. The molecule has 0 saturated heterocycles. The van der Waals surface area contributed by atoms with Gasteiger partial charge in [-0.1, -0.05) is 30.7 Å². The molecule has 0 atom stereocenters. The molecule has 1 aliphatic rings. The van der Waals surface area contributed by atoms with E-state index in [-0.39, 0.29) is 12.4 Å². The van der Waals surface area contributed by atoms with Gasteiger partial charge in [0.25, 0.3) is 0 Å². The van der Waals surface area contributed by atoms with Crippen LogP contribution in [0, 0.1) is 0 Å². The van der Waals surface area contributed by atoms with Gasteiger partial charge in [-0.05, 0) is 37.8 Å². The fraction of sp³-hybridized carbons (Fsp3) is 0.385. The quantitative estimate of drug-likeness (QED) is 0.782. The van der Waals surface area contributed by atoms with E-state index in [1.165, 1.54) is 37.8 Å². The molecule has 0 aliphatic heterocycles. The van der Waals surface area contributed by atoms with Crippen LogP contribution in [0.1, 0.15) is 32.1 Å². The Bertz CT molecular complexity index is 322. The van der Waals surface area contributed by atoms with Crippen molar-refractivity contribution in [3.05, 3.63) is 42.1 Å². The van der Waals surface area contributed by atoms with Crippen LogP contribution in [0.4, 0.5) is 5.69 Å². The van der Waals surface area contributed by atoms with Crippen molar-refractivity contribution in [2.24, 2.45) is 0 Å². The predicted octanol–water partition coefficient (Wildman–Crippen LogP) is 3.87. The van der Waals surface area contributed by atoms with Gasteiger partial charge in [0.2, 0.25) is 0 Å². The van der Waals surface area contributed by atoms with Gasteiger partial charge >= 0.3 is 0 Å². The van der Waals surface area contributed by atoms with Gasteiger partial charge in [-0.25, -0.2) is 0 Å². The molecule has 0 saturated carbocycles. The van der Waals surface area contributed by atoms with Crippen molar-refractivity contribution in [2.75, 3.05) is 5.43 Å². The van der Waals surface area contributed by atoms with Gasteiger partial charge in [0, 0.05) is 5.70 Å². The molecular formula is C13H19ClN2. The first kappa shape index (κ1) is 12.9. The van der Waals surface area contributed by atoms with Gasteiger partial charge in [0.15, 0.2) is 0 Å². The summed E-state index contributed by atoms with van der Waals surface area (Å²) >= 11 is 0. The summed E-state index contributed by atoms with van der Waals surface area (Å²) in [4.78, 5) is 0. The summed E-state index contributed by atoms with van der Waals surface area (Å²) in [6.07, 6.45) is 8.67. The Morgan fingerprint density at radius 3 is 2.50 bits per heavy atom. The minimum absolute atomic E-state index is 0. The fourth-order valence-electron chi connectivity index (χ4n) is 1.80. The zero-order valence-electron chi connectivity index (χ0n) is 9.41. The number of hydrogen-bond acceptors (Lipinski definition) is 2. The Hall–Kier alpha value is -1.15. The van der Waals surface area contributed by atoms with Crippen molar-refractivity contribution < 1.29 is 0 Å². The van der Waals surface area contributed by atoms with E-state index in [1.807, 2.05) is 18.2 Å². The second-order valence-electron chi connectivity index (χ2n) is 3.94. The minimum Gasteiger partial charge on any atom is -0.305 e. The van der Waals surface area contributed by atoms with Crippen LogP contribution < -0.4 is 10.9 Å². The van der Waals surface area contributed by atoms with Gasteiger partial charge in [-0.2, -0.15) is 0 Å². The van der Waals surface area contributed by atoms with Crippen LogP contribution in [0.5, 0.6) is 0 Å². The summed E-state index contributed by atoms with van der Waals surface area (Å²) in [5.41, 5.74) is 8.96.